The Morgan fingerprint density at radius 1 is 0.975 bits per heavy atom. The summed E-state index contributed by atoms with van der Waals surface area (Å²) in [7, 11) is -1.13. The van der Waals surface area contributed by atoms with Crippen molar-refractivity contribution in [1.82, 2.24) is 20.9 Å². The second-order valence-corrected chi connectivity index (χ2v) is 10.6. The van der Waals surface area contributed by atoms with Crippen molar-refractivity contribution in [3.05, 3.63) is 54.2 Å². The van der Waals surface area contributed by atoms with Gasteiger partial charge in [-0.15, -0.1) is 0 Å². The monoisotopic (exact) mass is 552 g/mol. The molecule has 1 unspecified atom stereocenters. The first-order chi connectivity index (χ1) is 18.9. The van der Waals surface area contributed by atoms with Crippen LogP contribution in [0.2, 0.25) is 0 Å². The highest BCUT2D eigenvalue weighted by Gasteiger charge is 2.47. The molecule has 40 heavy (non-hydrogen) atoms. The summed E-state index contributed by atoms with van der Waals surface area (Å²) in [5.41, 5.74) is 1.49. The van der Waals surface area contributed by atoms with Crippen molar-refractivity contribution in [3.8, 4) is 11.3 Å². The molecule has 0 radical (unpaired) electrons. The zero-order valence-corrected chi connectivity index (χ0v) is 23.4. The van der Waals surface area contributed by atoms with Gasteiger partial charge in [0.2, 0.25) is 11.8 Å². The van der Waals surface area contributed by atoms with Gasteiger partial charge in [-0.25, -0.2) is 4.98 Å². The lowest BCUT2D eigenvalue weighted by molar-refractivity contribution is -0.139. The minimum Gasteiger partial charge on any atom is -0.506 e. The normalized spacial score (nSPS) is 17.2. The fourth-order valence-electron chi connectivity index (χ4n) is 4.26. The molecule has 0 spiro atoms. The predicted octanol–water partition coefficient (Wildman–Crippen LogP) is 1.64. The summed E-state index contributed by atoms with van der Waals surface area (Å²) in [5.74, 6) is -3.10. The third-order valence-corrected chi connectivity index (χ3v) is 6.10. The Kier molecular flexibility index (Phi) is 10.8. The van der Waals surface area contributed by atoms with E-state index in [0.29, 0.717) is 12.1 Å². The van der Waals surface area contributed by atoms with Crippen LogP contribution in [0.15, 0.2) is 48.5 Å². The van der Waals surface area contributed by atoms with Gasteiger partial charge in [0.05, 0.1) is 24.2 Å². The molecule has 214 valence electrons. The van der Waals surface area contributed by atoms with E-state index in [4.69, 9.17) is 9.31 Å². The van der Waals surface area contributed by atoms with E-state index in [-0.39, 0.29) is 30.0 Å². The summed E-state index contributed by atoms with van der Waals surface area (Å²) in [4.78, 5) is 55.3. The molecule has 11 nitrogen and oxygen atoms in total. The summed E-state index contributed by atoms with van der Waals surface area (Å²) in [5, 5.41) is 18.4. The van der Waals surface area contributed by atoms with Crippen molar-refractivity contribution in [3.63, 3.8) is 0 Å². The van der Waals surface area contributed by atoms with E-state index < -0.39 is 49.1 Å². The highest BCUT2D eigenvalue weighted by Crippen LogP contribution is 2.20. The molecule has 3 rings (SSSR count). The van der Waals surface area contributed by atoms with Crippen LogP contribution >= 0.6 is 0 Å². The first-order valence-corrected chi connectivity index (χ1v) is 13.4. The number of hydrogen-bond donors (Lipinski definition) is 4. The summed E-state index contributed by atoms with van der Waals surface area (Å²) >= 11 is 0. The average molecular weight is 552 g/mol. The summed E-state index contributed by atoms with van der Waals surface area (Å²) in [6.07, 6.45) is -2.20. The van der Waals surface area contributed by atoms with Crippen molar-refractivity contribution in [1.29, 1.82) is 0 Å². The predicted molar refractivity (Wildman–Crippen MR) is 149 cm³/mol. The van der Waals surface area contributed by atoms with Gasteiger partial charge in [0.25, 0.3) is 5.91 Å². The topological polar surface area (TPSA) is 156 Å². The largest absolute Gasteiger partial charge is 0.552 e. The summed E-state index contributed by atoms with van der Waals surface area (Å²) in [6.45, 7) is 8.82. The van der Waals surface area contributed by atoms with Crippen molar-refractivity contribution < 1.29 is 33.6 Å². The number of carbonyl (C=O) groups excluding carboxylic acids is 4. The number of amides is 3. The van der Waals surface area contributed by atoms with E-state index in [2.05, 4.69) is 20.9 Å². The number of aliphatic hydroxyl groups is 1. The second-order valence-electron chi connectivity index (χ2n) is 10.6. The van der Waals surface area contributed by atoms with Crippen LogP contribution in [0.25, 0.3) is 11.3 Å². The number of carbonyl (C=O) groups is 4. The average Bonchev–Trinajstić information content (AvgIpc) is 3.26. The molecule has 1 aromatic heterocycles. The number of hydrogen-bond acceptors (Lipinski definition) is 8. The van der Waals surface area contributed by atoms with Gasteiger partial charge in [0.1, 0.15) is 17.8 Å². The molecule has 0 saturated carbocycles. The Morgan fingerprint density at radius 3 is 2.30 bits per heavy atom. The quantitative estimate of drug-likeness (QED) is 0.290. The Labute approximate surface area is 234 Å². The number of aromatic nitrogens is 1. The van der Waals surface area contributed by atoms with E-state index in [1.807, 2.05) is 44.2 Å². The van der Waals surface area contributed by atoms with E-state index in [9.17, 15) is 24.3 Å². The smallest absolute Gasteiger partial charge is 0.506 e. The summed E-state index contributed by atoms with van der Waals surface area (Å²) in [6, 6.07) is 12.9. The maximum Gasteiger partial charge on any atom is 0.552 e. The van der Waals surface area contributed by atoms with Gasteiger partial charge in [-0.05, 0) is 45.2 Å². The van der Waals surface area contributed by atoms with Gasteiger partial charge in [-0.1, -0.05) is 50.2 Å². The van der Waals surface area contributed by atoms with Crippen LogP contribution in [0, 0.1) is 5.92 Å². The second kappa shape index (κ2) is 14.0. The Hall–Kier alpha value is -3.77. The molecule has 12 heteroatoms. The van der Waals surface area contributed by atoms with Crippen LogP contribution in [0.1, 0.15) is 57.9 Å². The molecule has 4 N–H and O–H groups in total. The molecule has 1 aromatic carbocycles. The third kappa shape index (κ3) is 8.62. The molecule has 4 atom stereocenters. The highest BCUT2D eigenvalue weighted by atomic mass is 16.7. The minimum atomic E-state index is -1.32. The molecule has 0 aliphatic carbocycles. The Bertz CT molecular complexity index is 1190. The zero-order chi connectivity index (χ0) is 29.4. The van der Waals surface area contributed by atoms with Crippen LogP contribution in [-0.4, -0.2) is 71.1 Å². The zero-order valence-electron chi connectivity index (χ0n) is 23.4. The van der Waals surface area contributed by atoms with Crippen LogP contribution in [0.3, 0.4) is 0 Å². The van der Waals surface area contributed by atoms with Gasteiger partial charge in [0.15, 0.2) is 0 Å². The van der Waals surface area contributed by atoms with E-state index in [1.54, 1.807) is 26.0 Å². The lowest BCUT2D eigenvalue weighted by Gasteiger charge is -2.26. The SMILES string of the molecule is CC(C)C[C@H](NC(=O)[C@@H](NC(=O)c1cccc(-c2ccccc2)n1)[C@@H](C)O)B1OC(=O)C(CC(=O)NC(C)C)O1. The fraction of sp³-hybridized carbons (Fsp3) is 0.464. The molecular formula is C28H37BN4O7. The van der Waals surface area contributed by atoms with Crippen molar-refractivity contribution in [2.45, 2.75) is 77.7 Å². The van der Waals surface area contributed by atoms with Crippen molar-refractivity contribution in [2.24, 2.45) is 5.92 Å². The molecule has 3 amide bonds. The standard InChI is InChI=1S/C28H37BN4O7/c1-16(2)14-23(29-39-22(28(38)40-29)15-24(35)30-17(3)4)32-27(37)25(18(5)34)33-26(36)21-13-9-12-20(31-21)19-10-7-6-8-11-19/h6-13,16-18,22-23,25,34H,14-15H2,1-5H3,(H,30,35)(H,32,37)(H,33,36)/t18-,22?,23+,25+/m1/s1. The van der Waals surface area contributed by atoms with Gasteiger partial charge < -0.3 is 30.4 Å². The van der Waals surface area contributed by atoms with E-state index in [0.717, 1.165) is 5.56 Å². The van der Waals surface area contributed by atoms with Crippen LogP contribution in [0.5, 0.6) is 0 Å². The molecule has 0 bridgehead atoms. The van der Waals surface area contributed by atoms with E-state index >= 15 is 0 Å². The number of pyridine rings is 1. The molecule has 1 aliphatic rings. The van der Waals surface area contributed by atoms with Gasteiger partial charge >= 0.3 is 13.1 Å². The lowest BCUT2D eigenvalue weighted by Crippen LogP contribution is -2.57. The lowest BCUT2D eigenvalue weighted by atomic mass is 9.74. The number of rotatable bonds is 12. The van der Waals surface area contributed by atoms with Gasteiger partial charge in [0, 0.05) is 11.6 Å². The highest BCUT2D eigenvalue weighted by molar-refractivity contribution is 6.51. The number of nitrogens with one attached hydrogen (secondary N) is 3. The number of aliphatic hydroxyl groups excluding tert-OH is 1. The molecular weight excluding hydrogens is 515 g/mol. The van der Waals surface area contributed by atoms with Crippen LogP contribution in [-0.2, 0) is 23.7 Å². The fourth-order valence-corrected chi connectivity index (χ4v) is 4.26. The van der Waals surface area contributed by atoms with E-state index in [1.165, 1.54) is 13.0 Å². The molecule has 2 aromatic rings. The molecule has 2 heterocycles. The third-order valence-electron chi connectivity index (χ3n) is 6.10. The van der Waals surface area contributed by atoms with Crippen molar-refractivity contribution in [2.75, 3.05) is 0 Å². The van der Waals surface area contributed by atoms with Crippen LogP contribution < -0.4 is 16.0 Å². The van der Waals surface area contributed by atoms with Crippen molar-refractivity contribution >= 4 is 30.8 Å². The Morgan fingerprint density at radius 2 is 1.68 bits per heavy atom. The molecule has 1 fully saturated rings. The summed E-state index contributed by atoms with van der Waals surface area (Å²) < 4.78 is 11.1. The van der Waals surface area contributed by atoms with Gasteiger partial charge in [-0.3, -0.25) is 19.2 Å². The minimum absolute atomic E-state index is 0.0698. The number of benzene rings is 1. The maximum atomic E-state index is 13.3. The maximum absolute atomic E-state index is 13.3. The van der Waals surface area contributed by atoms with Gasteiger partial charge in [-0.2, -0.15) is 0 Å². The first kappa shape index (κ1) is 30.8. The number of nitrogens with zero attached hydrogens (tertiary/aromatic N) is 1. The molecule has 1 aliphatic heterocycles. The first-order valence-electron chi connectivity index (χ1n) is 13.4. The molecule has 1 saturated heterocycles. The van der Waals surface area contributed by atoms with Crippen LogP contribution in [0.4, 0.5) is 0 Å². The Balaban J connectivity index is 1.70.